The van der Waals surface area contributed by atoms with Gasteiger partial charge >= 0.3 is 0 Å². The minimum atomic E-state index is 0.0200. The molecule has 1 amide bonds. The van der Waals surface area contributed by atoms with Gasteiger partial charge in [0.2, 0.25) is 5.91 Å². The first-order valence-electron chi connectivity index (χ1n) is 7.13. The molecule has 0 saturated carbocycles. The van der Waals surface area contributed by atoms with Crippen LogP contribution >= 0.6 is 0 Å². The van der Waals surface area contributed by atoms with Gasteiger partial charge in [-0.05, 0) is 25.0 Å². The summed E-state index contributed by atoms with van der Waals surface area (Å²) in [5.41, 5.74) is 3.39. The second-order valence-electron chi connectivity index (χ2n) is 5.07. The van der Waals surface area contributed by atoms with Gasteiger partial charge < -0.3 is 10.1 Å². The SMILES string of the molecule is COc1ccccc1CC(=O)NCCc1ccc(C)cc1. The predicted octanol–water partition coefficient (Wildman–Crippen LogP) is 2.91. The molecule has 0 radical (unpaired) electrons. The fourth-order valence-corrected chi connectivity index (χ4v) is 2.19. The van der Waals surface area contributed by atoms with Gasteiger partial charge in [0.25, 0.3) is 0 Å². The summed E-state index contributed by atoms with van der Waals surface area (Å²) < 4.78 is 5.25. The first kappa shape index (κ1) is 15.1. The van der Waals surface area contributed by atoms with Crippen molar-refractivity contribution in [3.8, 4) is 5.75 Å². The first-order valence-corrected chi connectivity index (χ1v) is 7.13. The van der Waals surface area contributed by atoms with Crippen molar-refractivity contribution in [1.29, 1.82) is 0 Å². The molecule has 0 aromatic heterocycles. The Morgan fingerprint density at radius 2 is 1.81 bits per heavy atom. The number of aryl methyl sites for hydroxylation is 1. The van der Waals surface area contributed by atoms with Crippen molar-refractivity contribution in [1.82, 2.24) is 5.32 Å². The molecule has 3 heteroatoms. The summed E-state index contributed by atoms with van der Waals surface area (Å²) in [7, 11) is 1.62. The Morgan fingerprint density at radius 3 is 2.52 bits per heavy atom. The van der Waals surface area contributed by atoms with Crippen LogP contribution in [0.5, 0.6) is 5.75 Å². The summed E-state index contributed by atoms with van der Waals surface area (Å²) in [6.07, 6.45) is 1.19. The molecule has 3 nitrogen and oxygen atoms in total. The molecule has 110 valence electrons. The number of methoxy groups -OCH3 is 1. The molecule has 0 aliphatic heterocycles. The Hall–Kier alpha value is -2.29. The zero-order valence-corrected chi connectivity index (χ0v) is 12.6. The molecule has 21 heavy (non-hydrogen) atoms. The molecule has 0 fully saturated rings. The van der Waals surface area contributed by atoms with Crippen LogP contribution in [0.2, 0.25) is 0 Å². The summed E-state index contributed by atoms with van der Waals surface area (Å²) in [4.78, 5) is 12.0. The lowest BCUT2D eigenvalue weighted by Crippen LogP contribution is -2.27. The van der Waals surface area contributed by atoms with Crippen LogP contribution in [0.1, 0.15) is 16.7 Å². The third-order valence-corrected chi connectivity index (χ3v) is 3.40. The minimum Gasteiger partial charge on any atom is -0.496 e. The van der Waals surface area contributed by atoms with E-state index in [0.717, 1.165) is 17.7 Å². The molecular formula is C18H21NO2. The minimum absolute atomic E-state index is 0.0200. The molecule has 0 aliphatic rings. The Balaban J connectivity index is 1.81. The number of ether oxygens (including phenoxy) is 1. The maximum atomic E-state index is 12.0. The molecular weight excluding hydrogens is 262 g/mol. The summed E-state index contributed by atoms with van der Waals surface area (Å²) in [5, 5.41) is 2.95. The summed E-state index contributed by atoms with van der Waals surface area (Å²) in [6.45, 7) is 2.72. The van der Waals surface area contributed by atoms with E-state index in [1.165, 1.54) is 11.1 Å². The van der Waals surface area contributed by atoms with E-state index in [1.807, 2.05) is 24.3 Å². The van der Waals surface area contributed by atoms with Crippen LogP contribution in [0, 0.1) is 6.92 Å². The molecule has 0 atom stereocenters. The van der Waals surface area contributed by atoms with Crippen molar-refractivity contribution >= 4 is 5.91 Å². The van der Waals surface area contributed by atoms with Gasteiger partial charge in [-0.2, -0.15) is 0 Å². The first-order chi connectivity index (χ1) is 10.2. The average molecular weight is 283 g/mol. The number of hydrogen-bond acceptors (Lipinski definition) is 2. The highest BCUT2D eigenvalue weighted by Crippen LogP contribution is 2.17. The van der Waals surface area contributed by atoms with E-state index in [9.17, 15) is 4.79 Å². The zero-order chi connectivity index (χ0) is 15.1. The van der Waals surface area contributed by atoms with Crippen molar-refractivity contribution in [3.05, 3.63) is 65.2 Å². The molecule has 0 heterocycles. The number of para-hydroxylation sites is 1. The van der Waals surface area contributed by atoms with E-state index in [2.05, 4.69) is 36.5 Å². The van der Waals surface area contributed by atoms with Gasteiger partial charge in [-0.25, -0.2) is 0 Å². The molecule has 0 aliphatic carbocycles. The lowest BCUT2D eigenvalue weighted by molar-refractivity contribution is -0.120. The molecule has 1 N–H and O–H groups in total. The van der Waals surface area contributed by atoms with E-state index in [1.54, 1.807) is 7.11 Å². The van der Waals surface area contributed by atoms with Gasteiger partial charge in [0.05, 0.1) is 13.5 Å². The Bertz CT molecular complexity index is 590. The van der Waals surface area contributed by atoms with E-state index >= 15 is 0 Å². The van der Waals surface area contributed by atoms with Crippen LogP contribution in [-0.2, 0) is 17.6 Å². The molecule has 0 saturated heterocycles. The number of amides is 1. The lowest BCUT2D eigenvalue weighted by atomic mass is 10.1. The highest BCUT2D eigenvalue weighted by atomic mass is 16.5. The third-order valence-electron chi connectivity index (χ3n) is 3.40. The van der Waals surface area contributed by atoms with E-state index in [0.29, 0.717) is 13.0 Å². The number of carbonyl (C=O) groups is 1. The normalized spacial score (nSPS) is 10.2. The molecule has 2 rings (SSSR count). The number of benzene rings is 2. The Morgan fingerprint density at radius 1 is 1.10 bits per heavy atom. The van der Waals surface area contributed by atoms with E-state index in [-0.39, 0.29) is 5.91 Å². The van der Waals surface area contributed by atoms with Gasteiger partial charge in [-0.3, -0.25) is 4.79 Å². The van der Waals surface area contributed by atoms with Gasteiger partial charge in [-0.1, -0.05) is 48.0 Å². The number of rotatable bonds is 6. The highest BCUT2D eigenvalue weighted by Gasteiger charge is 2.07. The smallest absolute Gasteiger partial charge is 0.224 e. The third kappa shape index (κ3) is 4.63. The second kappa shape index (κ2) is 7.48. The van der Waals surface area contributed by atoms with Crippen LogP contribution in [0.4, 0.5) is 0 Å². The standard InChI is InChI=1S/C18H21NO2/c1-14-7-9-15(10-8-14)11-12-19-18(20)13-16-5-3-4-6-17(16)21-2/h3-10H,11-13H2,1-2H3,(H,19,20). The van der Waals surface area contributed by atoms with Crippen LogP contribution in [0.25, 0.3) is 0 Å². The number of nitrogens with one attached hydrogen (secondary N) is 1. The maximum Gasteiger partial charge on any atom is 0.224 e. The van der Waals surface area contributed by atoms with Crippen molar-refractivity contribution in [2.24, 2.45) is 0 Å². The molecule has 2 aromatic rings. The maximum absolute atomic E-state index is 12.0. The Labute approximate surface area is 126 Å². The van der Waals surface area contributed by atoms with Crippen LogP contribution < -0.4 is 10.1 Å². The fraction of sp³-hybridized carbons (Fsp3) is 0.278. The zero-order valence-electron chi connectivity index (χ0n) is 12.6. The van der Waals surface area contributed by atoms with Crippen molar-refractivity contribution in [2.45, 2.75) is 19.8 Å². The van der Waals surface area contributed by atoms with Gasteiger partial charge in [0.15, 0.2) is 0 Å². The van der Waals surface area contributed by atoms with Crippen molar-refractivity contribution in [3.63, 3.8) is 0 Å². The van der Waals surface area contributed by atoms with E-state index < -0.39 is 0 Å². The quantitative estimate of drug-likeness (QED) is 0.885. The highest BCUT2D eigenvalue weighted by molar-refractivity contribution is 5.79. The van der Waals surface area contributed by atoms with Crippen molar-refractivity contribution in [2.75, 3.05) is 13.7 Å². The average Bonchev–Trinajstić information content (AvgIpc) is 2.50. The molecule has 0 bridgehead atoms. The van der Waals surface area contributed by atoms with Crippen LogP contribution in [-0.4, -0.2) is 19.6 Å². The molecule has 0 unspecified atom stereocenters. The van der Waals surface area contributed by atoms with Gasteiger partial charge in [-0.15, -0.1) is 0 Å². The second-order valence-corrected chi connectivity index (χ2v) is 5.07. The largest absolute Gasteiger partial charge is 0.496 e. The summed E-state index contributed by atoms with van der Waals surface area (Å²) in [6, 6.07) is 16.0. The fourth-order valence-electron chi connectivity index (χ4n) is 2.19. The van der Waals surface area contributed by atoms with Crippen LogP contribution in [0.15, 0.2) is 48.5 Å². The molecule has 2 aromatic carbocycles. The topological polar surface area (TPSA) is 38.3 Å². The Kier molecular flexibility index (Phi) is 5.38. The van der Waals surface area contributed by atoms with Gasteiger partial charge in [0, 0.05) is 12.1 Å². The summed E-state index contributed by atoms with van der Waals surface area (Å²) in [5.74, 6) is 0.776. The predicted molar refractivity (Wildman–Crippen MR) is 84.6 cm³/mol. The van der Waals surface area contributed by atoms with Crippen molar-refractivity contribution < 1.29 is 9.53 Å². The molecule has 0 spiro atoms. The van der Waals surface area contributed by atoms with E-state index in [4.69, 9.17) is 4.74 Å². The monoisotopic (exact) mass is 283 g/mol. The van der Waals surface area contributed by atoms with Crippen LogP contribution in [0.3, 0.4) is 0 Å². The summed E-state index contributed by atoms with van der Waals surface area (Å²) >= 11 is 0. The number of hydrogen-bond donors (Lipinski definition) is 1. The lowest BCUT2D eigenvalue weighted by Gasteiger charge is -2.09. The van der Waals surface area contributed by atoms with Gasteiger partial charge in [0.1, 0.15) is 5.75 Å². The number of carbonyl (C=O) groups excluding carboxylic acids is 1.